The van der Waals surface area contributed by atoms with Gasteiger partial charge in [-0.1, -0.05) is 18.2 Å². The molecule has 5 nitrogen and oxygen atoms in total. The number of fused-ring (bicyclic) bond motifs is 1. The van der Waals surface area contributed by atoms with Crippen LogP contribution in [0, 0.1) is 0 Å². The summed E-state index contributed by atoms with van der Waals surface area (Å²) in [6, 6.07) is 16.3. The van der Waals surface area contributed by atoms with E-state index < -0.39 is 10.2 Å². The van der Waals surface area contributed by atoms with Gasteiger partial charge in [-0.3, -0.25) is 4.72 Å². The Balaban J connectivity index is 1.86. The first-order valence-electron chi connectivity index (χ1n) is 7.56. The number of hydrogen-bond acceptors (Lipinski definition) is 3. The van der Waals surface area contributed by atoms with Crippen LogP contribution in [0.15, 0.2) is 48.5 Å². The Morgan fingerprint density at radius 2 is 1.74 bits per heavy atom. The first-order chi connectivity index (χ1) is 10.9. The van der Waals surface area contributed by atoms with Gasteiger partial charge in [-0.2, -0.15) is 12.7 Å². The van der Waals surface area contributed by atoms with Crippen LogP contribution < -0.4 is 9.62 Å². The average Bonchev–Trinajstić information content (AvgIpc) is 2.83. The van der Waals surface area contributed by atoms with E-state index in [4.69, 9.17) is 0 Å². The van der Waals surface area contributed by atoms with Crippen LogP contribution in [-0.2, 0) is 16.6 Å². The molecule has 23 heavy (non-hydrogen) atoms. The van der Waals surface area contributed by atoms with Gasteiger partial charge in [0.25, 0.3) is 0 Å². The van der Waals surface area contributed by atoms with E-state index in [1.807, 2.05) is 18.2 Å². The second-order valence-electron chi connectivity index (χ2n) is 5.99. The fraction of sp³-hybridized carbons (Fsp3) is 0.294. The molecular formula is C17H21N3O2S. The first kappa shape index (κ1) is 15.8. The minimum absolute atomic E-state index is 0.386. The van der Waals surface area contributed by atoms with Crippen molar-refractivity contribution in [1.82, 2.24) is 4.31 Å². The topological polar surface area (TPSA) is 52.7 Å². The zero-order valence-corrected chi connectivity index (χ0v) is 14.3. The van der Waals surface area contributed by atoms with Gasteiger partial charge >= 0.3 is 10.2 Å². The van der Waals surface area contributed by atoms with Gasteiger partial charge in [-0.05, 0) is 49.2 Å². The second kappa shape index (κ2) is 5.86. The molecule has 122 valence electrons. The van der Waals surface area contributed by atoms with Gasteiger partial charge in [0, 0.05) is 37.2 Å². The van der Waals surface area contributed by atoms with Crippen molar-refractivity contribution in [3.05, 3.63) is 54.1 Å². The van der Waals surface area contributed by atoms with Crippen LogP contribution in [0.5, 0.6) is 0 Å². The summed E-state index contributed by atoms with van der Waals surface area (Å²) in [4.78, 5) is 2.29. The Hall–Kier alpha value is -2.05. The normalized spacial score (nSPS) is 17.4. The molecule has 0 saturated carbocycles. The highest BCUT2D eigenvalue weighted by molar-refractivity contribution is 7.90. The summed E-state index contributed by atoms with van der Waals surface area (Å²) in [5.74, 6) is 0. The van der Waals surface area contributed by atoms with Crippen molar-refractivity contribution in [1.29, 1.82) is 0 Å². The van der Waals surface area contributed by atoms with Crippen molar-refractivity contribution in [2.24, 2.45) is 0 Å². The lowest BCUT2D eigenvalue weighted by Gasteiger charge is -2.25. The highest BCUT2D eigenvalue weighted by Crippen LogP contribution is 2.38. The predicted octanol–water partition coefficient (Wildman–Crippen LogP) is 2.99. The number of nitrogens with one attached hydrogen (secondary N) is 1. The van der Waals surface area contributed by atoms with Crippen LogP contribution in [0.4, 0.5) is 17.1 Å². The van der Waals surface area contributed by atoms with Gasteiger partial charge in [0.05, 0.1) is 0 Å². The van der Waals surface area contributed by atoms with E-state index in [0.29, 0.717) is 11.7 Å². The quantitative estimate of drug-likeness (QED) is 0.937. The van der Waals surface area contributed by atoms with Crippen molar-refractivity contribution in [3.63, 3.8) is 0 Å². The monoisotopic (exact) mass is 331 g/mol. The largest absolute Gasteiger partial charge is 0.338 e. The average molecular weight is 331 g/mol. The molecule has 0 fully saturated rings. The lowest BCUT2D eigenvalue weighted by molar-refractivity contribution is 0.527. The van der Waals surface area contributed by atoms with Crippen molar-refractivity contribution in [3.8, 4) is 0 Å². The molecule has 0 spiro atoms. The maximum absolute atomic E-state index is 11.9. The van der Waals surface area contributed by atoms with Crippen LogP contribution in [0.3, 0.4) is 0 Å². The lowest BCUT2D eigenvalue weighted by atomic mass is 10.1. The van der Waals surface area contributed by atoms with Crippen molar-refractivity contribution in [2.75, 3.05) is 23.7 Å². The molecule has 0 saturated heterocycles. The maximum atomic E-state index is 11.9. The molecule has 1 unspecified atom stereocenters. The summed E-state index contributed by atoms with van der Waals surface area (Å²) in [5.41, 5.74) is 4.19. The third-order valence-corrected chi connectivity index (χ3v) is 5.54. The molecule has 1 atom stereocenters. The Labute approximate surface area is 137 Å². The fourth-order valence-electron chi connectivity index (χ4n) is 2.89. The molecular weight excluding hydrogens is 310 g/mol. The Kier molecular flexibility index (Phi) is 4.04. The third-order valence-electron chi connectivity index (χ3n) is 4.08. The zero-order chi connectivity index (χ0) is 16.6. The third kappa shape index (κ3) is 3.04. The van der Waals surface area contributed by atoms with E-state index in [9.17, 15) is 8.42 Å². The number of para-hydroxylation sites is 1. The zero-order valence-electron chi connectivity index (χ0n) is 13.5. The summed E-state index contributed by atoms with van der Waals surface area (Å²) >= 11 is 0. The molecule has 1 heterocycles. The fourth-order valence-corrected chi connectivity index (χ4v) is 3.51. The maximum Gasteiger partial charge on any atom is 0.301 e. The van der Waals surface area contributed by atoms with Crippen molar-refractivity contribution in [2.45, 2.75) is 19.4 Å². The van der Waals surface area contributed by atoms with E-state index in [2.05, 4.69) is 34.7 Å². The van der Waals surface area contributed by atoms with E-state index in [0.717, 1.165) is 16.4 Å². The number of hydrogen-bond donors (Lipinski definition) is 1. The summed E-state index contributed by atoms with van der Waals surface area (Å²) in [7, 11) is -0.474. The Morgan fingerprint density at radius 1 is 1.09 bits per heavy atom. The number of anilines is 3. The first-order valence-corrected chi connectivity index (χ1v) is 9.00. The molecule has 0 aromatic heterocycles. The molecule has 1 N–H and O–H groups in total. The minimum Gasteiger partial charge on any atom is -0.338 e. The molecule has 6 heteroatoms. The van der Waals surface area contributed by atoms with Crippen LogP contribution in [-0.4, -0.2) is 32.9 Å². The highest BCUT2D eigenvalue weighted by Gasteiger charge is 2.26. The molecule has 0 radical (unpaired) electrons. The smallest absolute Gasteiger partial charge is 0.301 e. The van der Waals surface area contributed by atoms with Crippen LogP contribution in [0.25, 0.3) is 0 Å². The molecule has 3 rings (SSSR count). The minimum atomic E-state index is -3.47. The predicted molar refractivity (Wildman–Crippen MR) is 94.4 cm³/mol. The molecule has 2 aromatic carbocycles. The van der Waals surface area contributed by atoms with Gasteiger partial charge in [0.15, 0.2) is 0 Å². The SMILES string of the molecule is CC1Cc2ccccc2N1c1ccc(NS(=O)(=O)N(C)C)cc1. The van der Waals surface area contributed by atoms with Gasteiger partial charge in [-0.25, -0.2) is 0 Å². The highest BCUT2D eigenvalue weighted by atomic mass is 32.2. The number of benzene rings is 2. The van der Waals surface area contributed by atoms with Gasteiger partial charge in [-0.15, -0.1) is 0 Å². The van der Waals surface area contributed by atoms with E-state index >= 15 is 0 Å². The number of rotatable bonds is 4. The van der Waals surface area contributed by atoms with Crippen LogP contribution >= 0.6 is 0 Å². The lowest BCUT2D eigenvalue weighted by Crippen LogP contribution is -2.29. The Morgan fingerprint density at radius 3 is 2.39 bits per heavy atom. The van der Waals surface area contributed by atoms with E-state index in [-0.39, 0.29) is 0 Å². The molecule has 0 bridgehead atoms. The summed E-state index contributed by atoms with van der Waals surface area (Å²) in [6.07, 6.45) is 1.02. The second-order valence-corrected chi connectivity index (χ2v) is 7.87. The van der Waals surface area contributed by atoms with Gasteiger partial charge in [0.2, 0.25) is 0 Å². The van der Waals surface area contributed by atoms with Gasteiger partial charge < -0.3 is 4.90 Å². The van der Waals surface area contributed by atoms with E-state index in [1.54, 1.807) is 12.1 Å². The van der Waals surface area contributed by atoms with Crippen LogP contribution in [0.1, 0.15) is 12.5 Å². The standard InChI is InChI=1S/C17H21N3O2S/c1-13-12-14-6-4-5-7-17(14)20(13)16-10-8-15(9-11-16)18-23(21,22)19(2)3/h4-11,13,18H,12H2,1-3H3. The van der Waals surface area contributed by atoms with Crippen molar-refractivity contribution < 1.29 is 8.42 Å². The molecule has 1 aliphatic heterocycles. The molecule has 0 amide bonds. The Bertz CT molecular complexity index is 801. The molecule has 0 aliphatic carbocycles. The molecule has 1 aliphatic rings. The number of nitrogens with zero attached hydrogens (tertiary/aromatic N) is 2. The van der Waals surface area contributed by atoms with Gasteiger partial charge in [0.1, 0.15) is 0 Å². The van der Waals surface area contributed by atoms with Crippen molar-refractivity contribution >= 4 is 27.3 Å². The molecule has 2 aromatic rings. The van der Waals surface area contributed by atoms with Crippen LogP contribution in [0.2, 0.25) is 0 Å². The summed E-state index contributed by atoms with van der Waals surface area (Å²) < 4.78 is 27.4. The summed E-state index contributed by atoms with van der Waals surface area (Å²) in [5, 5.41) is 0. The van der Waals surface area contributed by atoms with E-state index in [1.165, 1.54) is 25.3 Å². The summed E-state index contributed by atoms with van der Waals surface area (Å²) in [6.45, 7) is 2.20.